The smallest absolute Gasteiger partial charge is 0.228 e. The van der Waals surface area contributed by atoms with Gasteiger partial charge in [-0.1, -0.05) is 32.0 Å². The lowest BCUT2D eigenvalue weighted by atomic mass is 9.87. The lowest BCUT2D eigenvalue weighted by Gasteiger charge is -2.38. The van der Waals surface area contributed by atoms with Crippen LogP contribution in [0.25, 0.3) is 0 Å². The fourth-order valence-electron chi connectivity index (χ4n) is 5.36. The monoisotopic (exact) mass is 479 g/mol. The molecule has 0 saturated carbocycles. The average Bonchev–Trinajstić information content (AvgIpc) is 3.33. The number of hydrogen-bond acceptors (Lipinski definition) is 5. The molecule has 0 radical (unpaired) electrons. The van der Waals surface area contributed by atoms with Gasteiger partial charge in [-0.3, -0.25) is 9.59 Å². The Morgan fingerprint density at radius 1 is 0.914 bits per heavy atom. The van der Waals surface area contributed by atoms with Gasteiger partial charge in [0.25, 0.3) is 0 Å². The molecule has 0 aromatic heterocycles. The van der Waals surface area contributed by atoms with E-state index in [0.717, 1.165) is 24.4 Å². The van der Waals surface area contributed by atoms with Crippen molar-refractivity contribution in [2.45, 2.75) is 26.7 Å². The molecule has 7 heteroatoms. The van der Waals surface area contributed by atoms with Crippen molar-refractivity contribution >= 4 is 17.5 Å². The van der Waals surface area contributed by atoms with Gasteiger partial charge in [-0.2, -0.15) is 0 Å². The van der Waals surface area contributed by atoms with Crippen molar-refractivity contribution in [1.82, 2.24) is 9.80 Å². The second-order valence-electron chi connectivity index (χ2n) is 9.82. The molecule has 7 nitrogen and oxygen atoms in total. The molecular formula is C28H37N3O4. The molecule has 0 unspecified atom stereocenters. The number of hydrogen-bond donors (Lipinski definition) is 0. The lowest BCUT2D eigenvalue weighted by Crippen LogP contribution is -2.51. The molecule has 2 atom stereocenters. The highest BCUT2D eigenvalue weighted by Crippen LogP contribution is 2.40. The van der Waals surface area contributed by atoms with Gasteiger partial charge in [0.05, 0.1) is 20.1 Å². The average molecular weight is 480 g/mol. The molecule has 0 aliphatic carbocycles. The Morgan fingerprint density at radius 3 is 2.26 bits per heavy atom. The molecule has 2 aromatic carbocycles. The highest BCUT2D eigenvalue weighted by atomic mass is 16.5. The van der Waals surface area contributed by atoms with Gasteiger partial charge < -0.3 is 24.2 Å². The van der Waals surface area contributed by atoms with E-state index in [1.807, 2.05) is 41.8 Å². The number of benzene rings is 2. The third-order valence-electron chi connectivity index (χ3n) is 7.33. The van der Waals surface area contributed by atoms with E-state index in [-0.39, 0.29) is 29.6 Å². The van der Waals surface area contributed by atoms with Crippen LogP contribution >= 0.6 is 0 Å². The molecule has 0 N–H and O–H groups in total. The number of carbonyl (C=O) groups excluding carboxylic acids is 2. The minimum Gasteiger partial charge on any atom is -0.497 e. The highest BCUT2D eigenvalue weighted by molar-refractivity contribution is 5.84. The van der Waals surface area contributed by atoms with Crippen LogP contribution in [0.1, 0.15) is 30.9 Å². The summed E-state index contributed by atoms with van der Waals surface area (Å²) in [6.07, 6.45) is 0. The van der Waals surface area contributed by atoms with Crippen molar-refractivity contribution in [3.05, 3.63) is 53.6 Å². The summed E-state index contributed by atoms with van der Waals surface area (Å²) in [6, 6.07) is 14.1. The summed E-state index contributed by atoms with van der Waals surface area (Å²) >= 11 is 0. The summed E-state index contributed by atoms with van der Waals surface area (Å²) in [5, 5.41) is 0. The van der Waals surface area contributed by atoms with Crippen LogP contribution < -0.4 is 14.4 Å². The number of rotatable bonds is 6. The molecule has 0 bridgehead atoms. The van der Waals surface area contributed by atoms with Crippen LogP contribution in [0.3, 0.4) is 0 Å². The number of aryl methyl sites for hydroxylation is 1. The Bertz CT molecular complexity index is 1060. The zero-order valence-corrected chi connectivity index (χ0v) is 21.5. The van der Waals surface area contributed by atoms with E-state index in [9.17, 15) is 9.59 Å². The normalized spacial score (nSPS) is 20.3. The molecule has 2 aliphatic rings. The van der Waals surface area contributed by atoms with Crippen LogP contribution in [0, 0.1) is 18.8 Å². The van der Waals surface area contributed by atoms with E-state index in [2.05, 4.69) is 36.1 Å². The Hall–Kier alpha value is -3.22. The molecular weight excluding hydrogens is 442 g/mol. The molecule has 2 aliphatic heterocycles. The number of nitrogens with zero attached hydrogens (tertiary/aromatic N) is 3. The predicted octanol–water partition coefficient (Wildman–Crippen LogP) is 3.56. The van der Waals surface area contributed by atoms with Crippen LogP contribution in [0.5, 0.6) is 11.5 Å². The number of methoxy groups -OCH3 is 2. The topological polar surface area (TPSA) is 62.3 Å². The molecule has 2 heterocycles. The Kier molecular flexibility index (Phi) is 7.53. The predicted molar refractivity (Wildman–Crippen MR) is 137 cm³/mol. The highest BCUT2D eigenvalue weighted by Gasteiger charge is 2.44. The van der Waals surface area contributed by atoms with Crippen molar-refractivity contribution in [3.8, 4) is 11.5 Å². The SMILES string of the molecule is COc1ccc(OC)c([C@@H]2CN(C(=O)C(C)C)C[C@@H]2C(=O)N2CCN(c3ccccc3C)CC2)c1. The molecule has 4 rings (SSSR count). The number of likely N-dealkylation sites (tertiary alicyclic amines) is 1. The van der Waals surface area contributed by atoms with E-state index in [1.54, 1.807) is 14.2 Å². The molecule has 188 valence electrons. The minimum absolute atomic E-state index is 0.0801. The van der Waals surface area contributed by atoms with Gasteiger partial charge in [0.2, 0.25) is 11.8 Å². The third-order valence-corrected chi connectivity index (χ3v) is 7.33. The number of piperazine rings is 1. The summed E-state index contributed by atoms with van der Waals surface area (Å²) in [5.74, 6) is 1.05. The first kappa shape index (κ1) is 24.9. The van der Waals surface area contributed by atoms with Gasteiger partial charge in [0.15, 0.2) is 0 Å². The van der Waals surface area contributed by atoms with Crippen LogP contribution in [-0.4, -0.2) is 75.1 Å². The largest absolute Gasteiger partial charge is 0.497 e. The van der Waals surface area contributed by atoms with Crippen molar-refractivity contribution in [3.63, 3.8) is 0 Å². The number of para-hydroxylation sites is 1. The van der Waals surface area contributed by atoms with Gasteiger partial charge >= 0.3 is 0 Å². The molecule has 2 aromatic rings. The van der Waals surface area contributed by atoms with Crippen molar-refractivity contribution in [1.29, 1.82) is 0 Å². The Labute approximate surface area is 208 Å². The first-order valence-corrected chi connectivity index (χ1v) is 12.4. The van der Waals surface area contributed by atoms with Crippen molar-refractivity contribution in [2.75, 3.05) is 58.4 Å². The second-order valence-corrected chi connectivity index (χ2v) is 9.82. The fourth-order valence-corrected chi connectivity index (χ4v) is 5.36. The number of anilines is 1. The Balaban J connectivity index is 1.56. The van der Waals surface area contributed by atoms with Gasteiger partial charge in [0.1, 0.15) is 11.5 Å². The molecule has 0 spiro atoms. The van der Waals surface area contributed by atoms with E-state index in [0.29, 0.717) is 31.9 Å². The van der Waals surface area contributed by atoms with Crippen LogP contribution in [0.15, 0.2) is 42.5 Å². The first-order valence-electron chi connectivity index (χ1n) is 12.4. The fraction of sp³-hybridized carbons (Fsp3) is 0.500. The van der Waals surface area contributed by atoms with Crippen LogP contribution in [-0.2, 0) is 9.59 Å². The summed E-state index contributed by atoms with van der Waals surface area (Å²) in [5.41, 5.74) is 3.40. The minimum atomic E-state index is -0.316. The summed E-state index contributed by atoms with van der Waals surface area (Å²) in [6.45, 7) is 9.80. The maximum absolute atomic E-state index is 13.9. The van der Waals surface area contributed by atoms with Crippen molar-refractivity contribution in [2.24, 2.45) is 11.8 Å². The van der Waals surface area contributed by atoms with Gasteiger partial charge in [-0.15, -0.1) is 0 Å². The standard InChI is InChI=1S/C28H37N3O4/c1-19(2)27(32)31-17-23(22-16-21(34-4)10-11-26(22)35-5)24(18-31)28(33)30-14-12-29(13-15-30)25-9-7-6-8-20(25)3/h6-11,16,19,23-24H,12-15,17-18H2,1-5H3/t23-,24-/m0/s1. The van der Waals surface area contributed by atoms with E-state index < -0.39 is 0 Å². The van der Waals surface area contributed by atoms with Gasteiger partial charge in [-0.25, -0.2) is 0 Å². The quantitative estimate of drug-likeness (QED) is 0.634. The maximum Gasteiger partial charge on any atom is 0.228 e. The van der Waals surface area contributed by atoms with E-state index >= 15 is 0 Å². The lowest BCUT2D eigenvalue weighted by molar-refractivity contribution is -0.136. The zero-order valence-electron chi connectivity index (χ0n) is 21.5. The maximum atomic E-state index is 13.9. The number of carbonyl (C=O) groups is 2. The van der Waals surface area contributed by atoms with Crippen LogP contribution in [0.2, 0.25) is 0 Å². The van der Waals surface area contributed by atoms with Gasteiger partial charge in [-0.05, 0) is 36.8 Å². The van der Waals surface area contributed by atoms with Crippen molar-refractivity contribution < 1.29 is 19.1 Å². The Morgan fingerprint density at radius 2 is 1.63 bits per heavy atom. The first-order chi connectivity index (χ1) is 16.8. The number of ether oxygens (including phenoxy) is 2. The van der Waals surface area contributed by atoms with E-state index in [1.165, 1.54) is 11.3 Å². The summed E-state index contributed by atoms with van der Waals surface area (Å²) < 4.78 is 11.1. The third kappa shape index (κ3) is 5.09. The number of amides is 2. The molecule has 35 heavy (non-hydrogen) atoms. The molecule has 2 fully saturated rings. The molecule has 2 saturated heterocycles. The van der Waals surface area contributed by atoms with Gasteiger partial charge in [0, 0.05) is 62.4 Å². The molecule has 2 amide bonds. The second kappa shape index (κ2) is 10.6. The summed E-state index contributed by atoms with van der Waals surface area (Å²) in [7, 11) is 3.27. The summed E-state index contributed by atoms with van der Waals surface area (Å²) in [4.78, 5) is 33.0. The zero-order chi connectivity index (χ0) is 25.1. The van der Waals surface area contributed by atoms with Crippen LogP contribution in [0.4, 0.5) is 5.69 Å². The van der Waals surface area contributed by atoms with E-state index in [4.69, 9.17) is 9.47 Å².